The predicted molar refractivity (Wildman–Crippen MR) is 42.9 cm³/mol. The fraction of sp³-hybridized carbons (Fsp3) is 0.625. The van der Waals surface area contributed by atoms with Crippen LogP contribution < -0.4 is 5.73 Å². The average Bonchev–Trinajstić information content (AvgIpc) is 2.74. The Hall–Kier alpha value is -0.830. The minimum atomic E-state index is 0.162. The van der Waals surface area contributed by atoms with Crippen LogP contribution in [0.1, 0.15) is 24.7 Å². The van der Waals surface area contributed by atoms with Gasteiger partial charge in [-0.15, -0.1) is 0 Å². The lowest BCUT2D eigenvalue weighted by atomic mass is 10.2. The summed E-state index contributed by atoms with van der Waals surface area (Å²) in [5.74, 6) is 1.71. The number of hydrogen-bond donors (Lipinski definition) is 1. The molecule has 1 aliphatic rings. The number of rotatable bonds is 2. The monoisotopic (exact) mass is 151 g/mol. The van der Waals surface area contributed by atoms with Crippen LogP contribution in [0, 0.1) is 5.92 Å². The minimum Gasteiger partial charge on any atom is -0.337 e. The fourth-order valence-corrected chi connectivity index (χ4v) is 1.36. The third-order valence-corrected chi connectivity index (χ3v) is 2.29. The van der Waals surface area contributed by atoms with Crippen molar-refractivity contribution >= 4 is 0 Å². The maximum atomic E-state index is 5.96. The van der Waals surface area contributed by atoms with Crippen molar-refractivity contribution in [3.8, 4) is 0 Å². The molecule has 1 heterocycles. The van der Waals surface area contributed by atoms with Crippen molar-refractivity contribution in [2.24, 2.45) is 18.7 Å². The lowest BCUT2D eigenvalue weighted by Crippen LogP contribution is -2.16. The molecule has 0 saturated heterocycles. The van der Waals surface area contributed by atoms with Crippen molar-refractivity contribution in [2.45, 2.75) is 18.9 Å². The first-order valence-corrected chi connectivity index (χ1v) is 4.02. The van der Waals surface area contributed by atoms with E-state index in [0.717, 1.165) is 5.82 Å². The molecule has 0 aliphatic heterocycles. The van der Waals surface area contributed by atoms with E-state index in [1.165, 1.54) is 12.8 Å². The van der Waals surface area contributed by atoms with E-state index in [1.54, 1.807) is 6.20 Å². The van der Waals surface area contributed by atoms with Crippen molar-refractivity contribution in [3.63, 3.8) is 0 Å². The molecule has 3 heteroatoms. The van der Waals surface area contributed by atoms with Gasteiger partial charge in [-0.2, -0.15) is 0 Å². The summed E-state index contributed by atoms with van der Waals surface area (Å²) >= 11 is 0. The molecule has 0 aromatic carbocycles. The number of hydrogen-bond acceptors (Lipinski definition) is 2. The largest absolute Gasteiger partial charge is 0.337 e. The van der Waals surface area contributed by atoms with Crippen LogP contribution in [0.25, 0.3) is 0 Å². The van der Waals surface area contributed by atoms with Crippen LogP contribution in [-0.4, -0.2) is 9.55 Å². The first-order chi connectivity index (χ1) is 5.29. The van der Waals surface area contributed by atoms with Gasteiger partial charge in [0.15, 0.2) is 0 Å². The van der Waals surface area contributed by atoms with Crippen molar-refractivity contribution < 1.29 is 0 Å². The van der Waals surface area contributed by atoms with Crippen molar-refractivity contribution in [3.05, 3.63) is 18.2 Å². The van der Waals surface area contributed by atoms with E-state index in [0.29, 0.717) is 5.92 Å². The van der Waals surface area contributed by atoms with Crippen molar-refractivity contribution in [1.29, 1.82) is 0 Å². The molecule has 1 saturated carbocycles. The Balaban J connectivity index is 2.20. The first kappa shape index (κ1) is 6.85. The van der Waals surface area contributed by atoms with Crippen LogP contribution in [0.2, 0.25) is 0 Å². The molecular formula is C8H13N3. The van der Waals surface area contributed by atoms with Gasteiger partial charge in [0.25, 0.3) is 0 Å². The highest BCUT2D eigenvalue weighted by molar-refractivity contribution is 5.02. The van der Waals surface area contributed by atoms with E-state index in [1.807, 2.05) is 17.8 Å². The molecule has 0 spiro atoms. The van der Waals surface area contributed by atoms with Gasteiger partial charge in [-0.1, -0.05) is 0 Å². The van der Waals surface area contributed by atoms with Crippen molar-refractivity contribution in [2.75, 3.05) is 0 Å². The van der Waals surface area contributed by atoms with Crippen LogP contribution in [0.15, 0.2) is 12.4 Å². The van der Waals surface area contributed by atoms with Gasteiger partial charge in [-0.3, -0.25) is 0 Å². The molecule has 11 heavy (non-hydrogen) atoms. The molecule has 1 aliphatic carbocycles. The van der Waals surface area contributed by atoms with E-state index in [4.69, 9.17) is 5.73 Å². The maximum Gasteiger partial charge on any atom is 0.125 e. The molecule has 1 aromatic heterocycles. The van der Waals surface area contributed by atoms with Gasteiger partial charge in [0, 0.05) is 19.4 Å². The number of nitrogens with zero attached hydrogens (tertiary/aromatic N) is 2. The zero-order valence-corrected chi connectivity index (χ0v) is 6.70. The molecule has 1 unspecified atom stereocenters. The van der Waals surface area contributed by atoms with E-state index >= 15 is 0 Å². The average molecular weight is 151 g/mol. The Kier molecular flexibility index (Phi) is 1.46. The van der Waals surface area contributed by atoms with Crippen LogP contribution in [0.5, 0.6) is 0 Å². The number of aryl methyl sites for hydroxylation is 1. The summed E-state index contributed by atoms with van der Waals surface area (Å²) < 4.78 is 2.00. The predicted octanol–water partition coefficient (Wildman–Crippen LogP) is 0.830. The van der Waals surface area contributed by atoms with E-state index in [9.17, 15) is 0 Å². The molecule has 2 rings (SSSR count). The van der Waals surface area contributed by atoms with Gasteiger partial charge >= 0.3 is 0 Å². The van der Waals surface area contributed by atoms with Gasteiger partial charge in [-0.25, -0.2) is 4.98 Å². The summed E-state index contributed by atoms with van der Waals surface area (Å²) in [6.07, 6.45) is 6.29. The third-order valence-electron chi connectivity index (χ3n) is 2.29. The lowest BCUT2D eigenvalue weighted by Gasteiger charge is -2.08. The summed E-state index contributed by atoms with van der Waals surface area (Å²) in [5, 5.41) is 0. The van der Waals surface area contributed by atoms with Gasteiger partial charge in [0.1, 0.15) is 5.82 Å². The summed E-state index contributed by atoms with van der Waals surface area (Å²) in [7, 11) is 1.99. The zero-order valence-electron chi connectivity index (χ0n) is 6.70. The SMILES string of the molecule is Cn1ccnc1C(N)C1CC1. The highest BCUT2D eigenvalue weighted by Crippen LogP contribution is 2.38. The Morgan fingerprint density at radius 2 is 2.45 bits per heavy atom. The first-order valence-electron chi connectivity index (χ1n) is 4.02. The van der Waals surface area contributed by atoms with Crippen LogP contribution in [0.4, 0.5) is 0 Å². The number of aromatic nitrogens is 2. The summed E-state index contributed by atoms with van der Waals surface area (Å²) in [4.78, 5) is 4.21. The Labute approximate surface area is 66.2 Å². The second kappa shape index (κ2) is 2.34. The molecule has 3 nitrogen and oxygen atoms in total. The van der Waals surface area contributed by atoms with Crippen LogP contribution in [-0.2, 0) is 7.05 Å². The topological polar surface area (TPSA) is 43.8 Å². The van der Waals surface area contributed by atoms with Gasteiger partial charge in [0.05, 0.1) is 6.04 Å². The molecule has 60 valence electrons. The standard InChI is InChI=1S/C8H13N3/c1-11-5-4-10-8(11)7(9)6-2-3-6/h4-7H,2-3,9H2,1H3. The smallest absolute Gasteiger partial charge is 0.125 e. The molecule has 2 N–H and O–H groups in total. The van der Waals surface area contributed by atoms with E-state index in [-0.39, 0.29) is 6.04 Å². The second-order valence-corrected chi connectivity index (χ2v) is 3.26. The molecule has 0 bridgehead atoms. The molecule has 0 amide bonds. The van der Waals surface area contributed by atoms with Crippen LogP contribution in [0.3, 0.4) is 0 Å². The second-order valence-electron chi connectivity index (χ2n) is 3.26. The highest BCUT2D eigenvalue weighted by Gasteiger charge is 2.31. The minimum absolute atomic E-state index is 0.162. The summed E-state index contributed by atoms with van der Waals surface area (Å²) in [6.45, 7) is 0. The number of imidazole rings is 1. The fourth-order valence-electron chi connectivity index (χ4n) is 1.36. The lowest BCUT2D eigenvalue weighted by molar-refractivity contribution is 0.570. The summed E-state index contributed by atoms with van der Waals surface area (Å²) in [5.41, 5.74) is 5.96. The molecule has 1 fully saturated rings. The summed E-state index contributed by atoms with van der Waals surface area (Å²) in [6, 6.07) is 0.162. The van der Waals surface area contributed by atoms with Gasteiger partial charge in [0.2, 0.25) is 0 Å². The molecule has 1 atom stereocenters. The van der Waals surface area contributed by atoms with E-state index in [2.05, 4.69) is 4.98 Å². The third kappa shape index (κ3) is 1.16. The zero-order chi connectivity index (χ0) is 7.84. The van der Waals surface area contributed by atoms with E-state index < -0.39 is 0 Å². The van der Waals surface area contributed by atoms with Gasteiger partial charge < -0.3 is 10.3 Å². The molecule has 0 radical (unpaired) electrons. The molecule has 1 aromatic rings. The van der Waals surface area contributed by atoms with Crippen LogP contribution >= 0.6 is 0 Å². The Morgan fingerprint density at radius 1 is 1.73 bits per heavy atom. The molecular weight excluding hydrogens is 138 g/mol. The Morgan fingerprint density at radius 3 is 2.91 bits per heavy atom. The maximum absolute atomic E-state index is 5.96. The normalized spacial score (nSPS) is 20.2. The Bertz CT molecular complexity index is 250. The number of nitrogens with two attached hydrogens (primary N) is 1. The quantitative estimate of drug-likeness (QED) is 0.680. The van der Waals surface area contributed by atoms with Crippen molar-refractivity contribution in [1.82, 2.24) is 9.55 Å². The van der Waals surface area contributed by atoms with Gasteiger partial charge in [-0.05, 0) is 18.8 Å². The highest BCUT2D eigenvalue weighted by atomic mass is 15.1.